The van der Waals surface area contributed by atoms with Crippen molar-refractivity contribution in [2.45, 2.75) is 6.04 Å². The fraction of sp³-hybridized carbons (Fsp3) is 0.333. The Balaban J connectivity index is 2.06. The monoisotopic (exact) mass is 246 g/mol. The molecule has 6 heteroatoms. The lowest BCUT2D eigenvalue weighted by atomic mass is 10.0. The summed E-state index contributed by atoms with van der Waals surface area (Å²) in [6.07, 6.45) is 0.754. The third-order valence-electron chi connectivity index (χ3n) is 3.33. The first-order chi connectivity index (χ1) is 8.77. The minimum Gasteiger partial charge on any atom is -0.465 e. The van der Waals surface area contributed by atoms with Crippen LogP contribution in [0, 0.1) is 0 Å². The first kappa shape index (κ1) is 11.0. The number of para-hydroxylation sites is 1. The van der Waals surface area contributed by atoms with Crippen LogP contribution in [0.1, 0.15) is 11.6 Å². The smallest absolute Gasteiger partial charge is 0.407 e. The predicted molar refractivity (Wildman–Crippen MR) is 66.4 cm³/mol. The summed E-state index contributed by atoms with van der Waals surface area (Å²) >= 11 is 0. The molecule has 3 rings (SSSR count). The molecule has 1 fully saturated rings. The molecule has 1 aliphatic heterocycles. The highest BCUT2D eigenvalue weighted by Crippen LogP contribution is 2.27. The highest BCUT2D eigenvalue weighted by Gasteiger charge is 2.29. The quantitative estimate of drug-likeness (QED) is 0.706. The first-order valence-electron chi connectivity index (χ1n) is 5.89. The number of carbonyl (C=O) groups is 1. The van der Waals surface area contributed by atoms with Gasteiger partial charge in [0.1, 0.15) is 0 Å². The summed E-state index contributed by atoms with van der Waals surface area (Å²) in [6, 6.07) is 5.62. The normalized spacial score (nSPS) is 20.2. The van der Waals surface area contributed by atoms with Gasteiger partial charge in [0.2, 0.25) is 0 Å². The molecule has 0 spiro atoms. The van der Waals surface area contributed by atoms with Gasteiger partial charge in [-0.3, -0.25) is 4.90 Å². The summed E-state index contributed by atoms with van der Waals surface area (Å²) in [5.41, 5.74) is 2.73. The molecular formula is C12H14N4O2. The SMILES string of the molecule is O=C(O)N1CCNCC1c1cccc2[nH]cnc12. The topological polar surface area (TPSA) is 81.2 Å². The van der Waals surface area contributed by atoms with E-state index >= 15 is 0 Å². The van der Waals surface area contributed by atoms with E-state index in [9.17, 15) is 9.90 Å². The van der Waals surface area contributed by atoms with Crippen LogP contribution < -0.4 is 5.32 Å². The van der Waals surface area contributed by atoms with Gasteiger partial charge in [0.25, 0.3) is 0 Å². The van der Waals surface area contributed by atoms with Crippen molar-refractivity contribution in [3.63, 3.8) is 0 Å². The van der Waals surface area contributed by atoms with Gasteiger partial charge < -0.3 is 15.4 Å². The van der Waals surface area contributed by atoms with Crippen molar-refractivity contribution < 1.29 is 9.90 Å². The van der Waals surface area contributed by atoms with Gasteiger partial charge in [0.05, 0.1) is 23.4 Å². The molecule has 1 saturated heterocycles. The van der Waals surface area contributed by atoms with Crippen LogP contribution in [0.2, 0.25) is 0 Å². The number of piperazine rings is 1. The maximum atomic E-state index is 11.3. The zero-order valence-corrected chi connectivity index (χ0v) is 9.76. The third kappa shape index (κ3) is 1.70. The predicted octanol–water partition coefficient (Wildman–Crippen LogP) is 1.19. The molecule has 94 valence electrons. The van der Waals surface area contributed by atoms with Crippen molar-refractivity contribution in [1.82, 2.24) is 20.2 Å². The zero-order chi connectivity index (χ0) is 12.5. The molecule has 0 bridgehead atoms. The largest absolute Gasteiger partial charge is 0.465 e. The standard InChI is InChI=1S/C12H14N4O2/c17-12(18)16-5-4-13-6-10(16)8-2-1-3-9-11(8)15-7-14-9/h1-3,7,10,13H,4-6H2,(H,14,15)(H,17,18). The summed E-state index contributed by atoms with van der Waals surface area (Å²) in [7, 11) is 0. The van der Waals surface area contributed by atoms with Gasteiger partial charge in [-0.15, -0.1) is 0 Å². The Morgan fingerprint density at radius 3 is 3.22 bits per heavy atom. The Hall–Kier alpha value is -2.08. The van der Waals surface area contributed by atoms with Gasteiger partial charge in [-0.05, 0) is 6.07 Å². The summed E-state index contributed by atoms with van der Waals surface area (Å²) in [6.45, 7) is 1.82. The van der Waals surface area contributed by atoms with Crippen LogP contribution >= 0.6 is 0 Å². The van der Waals surface area contributed by atoms with Crippen LogP contribution in [-0.4, -0.2) is 45.7 Å². The maximum Gasteiger partial charge on any atom is 0.407 e. The number of H-pyrrole nitrogens is 1. The maximum absolute atomic E-state index is 11.3. The van der Waals surface area contributed by atoms with Gasteiger partial charge in [-0.2, -0.15) is 0 Å². The lowest BCUT2D eigenvalue weighted by molar-refractivity contribution is 0.113. The number of hydrogen-bond acceptors (Lipinski definition) is 3. The summed E-state index contributed by atoms with van der Waals surface area (Å²) in [5, 5.41) is 12.5. The number of benzene rings is 1. The summed E-state index contributed by atoms with van der Waals surface area (Å²) in [5.74, 6) is 0. The Morgan fingerprint density at radius 1 is 1.50 bits per heavy atom. The van der Waals surface area contributed by atoms with Gasteiger partial charge in [-0.25, -0.2) is 9.78 Å². The molecule has 0 aliphatic carbocycles. The average Bonchev–Trinajstić information content (AvgIpc) is 2.86. The number of nitrogens with zero attached hydrogens (tertiary/aromatic N) is 2. The van der Waals surface area contributed by atoms with Gasteiger partial charge in [-0.1, -0.05) is 12.1 Å². The summed E-state index contributed by atoms with van der Waals surface area (Å²) in [4.78, 5) is 20.1. The minimum absolute atomic E-state index is 0.178. The van der Waals surface area contributed by atoms with Crippen molar-refractivity contribution in [3.8, 4) is 0 Å². The Labute approximate surface area is 104 Å². The van der Waals surface area contributed by atoms with E-state index in [1.165, 1.54) is 4.90 Å². The Kier molecular flexibility index (Phi) is 2.64. The van der Waals surface area contributed by atoms with E-state index in [4.69, 9.17) is 0 Å². The van der Waals surface area contributed by atoms with Gasteiger partial charge in [0.15, 0.2) is 0 Å². The van der Waals surface area contributed by atoms with Gasteiger partial charge >= 0.3 is 6.09 Å². The molecule has 1 aliphatic rings. The van der Waals surface area contributed by atoms with E-state index in [-0.39, 0.29) is 6.04 Å². The molecular weight excluding hydrogens is 232 g/mol. The van der Waals surface area contributed by atoms with E-state index in [0.29, 0.717) is 19.6 Å². The van der Waals surface area contributed by atoms with Crippen molar-refractivity contribution >= 4 is 17.1 Å². The van der Waals surface area contributed by atoms with E-state index in [1.54, 1.807) is 6.33 Å². The number of rotatable bonds is 1. The molecule has 2 heterocycles. The van der Waals surface area contributed by atoms with Crippen LogP contribution in [0.4, 0.5) is 4.79 Å². The second kappa shape index (κ2) is 4.30. The van der Waals surface area contributed by atoms with E-state index in [0.717, 1.165) is 16.6 Å². The molecule has 0 saturated carbocycles. The van der Waals surface area contributed by atoms with E-state index in [2.05, 4.69) is 15.3 Å². The van der Waals surface area contributed by atoms with Crippen molar-refractivity contribution in [3.05, 3.63) is 30.1 Å². The second-order valence-corrected chi connectivity index (χ2v) is 4.34. The molecule has 1 aromatic carbocycles. The number of nitrogens with one attached hydrogen (secondary N) is 2. The number of hydrogen-bond donors (Lipinski definition) is 3. The number of carboxylic acid groups (broad SMARTS) is 1. The van der Waals surface area contributed by atoms with Crippen molar-refractivity contribution in [2.75, 3.05) is 19.6 Å². The second-order valence-electron chi connectivity index (χ2n) is 4.34. The lowest BCUT2D eigenvalue weighted by Crippen LogP contribution is -2.48. The summed E-state index contributed by atoms with van der Waals surface area (Å²) < 4.78 is 0. The minimum atomic E-state index is -0.881. The van der Waals surface area contributed by atoms with Crippen molar-refractivity contribution in [1.29, 1.82) is 0 Å². The molecule has 3 N–H and O–H groups in total. The van der Waals surface area contributed by atoms with Crippen LogP contribution in [0.25, 0.3) is 11.0 Å². The Morgan fingerprint density at radius 2 is 2.39 bits per heavy atom. The first-order valence-corrected chi connectivity index (χ1v) is 5.89. The lowest BCUT2D eigenvalue weighted by Gasteiger charge is -2.34. The van der Waals surface area contributed by atoms with E-state index < -0.39 is 6.09 Å². The molecule has 18 heavy (non-hydrogen) atoms. The zero-order valence-electron chi connectivity index (χ0n) is 9.76. The van der Waals surface area contributed by atoms with Crippen LogP contribution in [0.5, 0.6) is 0 Å². The molecule has 1 aromatic heterocycles. The Bertz CT molecular complexity index is 580. The molecule has 1 unspecified atom stereocenters. The van der Waals surface area contributed by atoms with Crippen LogP contribution in [0.3, 0.4) is 0 Å². The molecule has 6 nitrogen and oxygen atoms in total. The number of aromatic amines is 1. The highest BCUT2D eigenvalue weighted by atomic mass is 16.4. The highest BCUT2D eigenvalue weighted by molar-refractivity contribution is 5.79. The number of fused-ring (bicyclic) bond motifs is 1. The number of amides is 1. The number of aromatic nitrogens is 2. The third-order valence-corrected chi connectivity index (χ3v) is 3.33. The molecule has 2 aromatic rings. The fourth-order valence-electron chi connectivity index (χ4n) is 2.47. The molecule has 0 radical (unpaired) electrons. The van der Waals surface area contributed by atoms with E-state index in [1.807, 2.05) is 18.2 Å². The number of imidazole rings is 1. The fourth-order valence-corrected chi connectivity index (χ4v) is 2.47. The molecule has 1 atom stereocenters. The molecule has 1 amide bonds. The van der Waals surface area contributed by atoms with Crippen LogP contribution in [-0.2, 0) is 0 Å². The van der Waals surface area contributed by atoms with Crippen LogP contribution in [0.15, 0.2) is 24.5 Å². The average molecular weight is 246 g/mol. The van der Waals surface area contributed by atoms with Crippen molar-refractivity contribution in [2.24, 2.45) is 0 Å². The van der Waals surface area contributed by atoms with Gasteiger partial charge in [0, 0.05) is 25.2 Å².